The maximum atomic E-state index is 5.68. The van der Waals surface area contributed by atoms with Crippen molar-refractivity contribution >= 4 is 0 Å². The summed E-state index contributed by atoms with van der Waals surface area (Å²) in [5, 5.41) is 0. The highest BCUT2D eigenvalue weighted by molar-refractivity contribution is 5.44. The number of rotatable bonds is 5. The zero-order chi connectivity index (χ0) is 14.9. The Morgan fingerprint density at radius 2 is 1.43 bits per heavy atom. The second-order valence-corrected chi connectivity index (χ2v) is 5.03. The molecule has 0 N–H and O–H groups in total. The SMILES string of the molecule is [CH2]c1ccc(C#Cc2ccc(OCCCCC)cc2)cc1. The second-order valence-electron chi connectivity index (χ2n) is 5.03. The molecule has 0 fully saturated rings. The molecule has 2 aromatic carbocycles. The van der Waals surface area contributed by atoms with E-state index < -0.39 is 0 Å². The standard InChI is InChI=1S/C20H21O/c1-3-4-5-16-21-20-14-12-19(13-15-20)11-10-18-8-6-17(2)7-9-18/h6-9,12-15H,2-5,16H2,1H3. The van der Waals surface area contributed by atoms with Crippen molar-refractivity contribution < 1.29 is 4.74 Å². The fraction of sp³-hybridized carbons (Fsp3) is 0.250. The van der Waals surface area contributed by atoms with Gasteiger partial charge in [-0.15, -0.1) is 0 Å². The van der Waals surface area contributed by atoms with Crippen LogP contribution in [-0.2, 0) is 0 Å². The summed E-state index contributed by atoms with van der Waals surface area (Å²) < 4.78 is 5.68. The van der Waals surface area contributed by atoms with E-state index in [0.29, 0.717) is 0 Å². The highest BCUT2D eigenvalue weighted by Crippen LogP contribution is 2.12. The van der Waals surface area contributed by atoms with Crippen LogP contribution in [0.25, 0.3) is 0 Å². The van der Waals surface area contributed by atoms with E-state index in [1.54, 1.807) is 0 Å². The first-order valence-corrected chi connectivity index (χ1v) is 7.45. The second kappa shape index (κ2) is 8.17. The van der Waals surface area contributed by atoms with Crippen LogP contribution in [0.3, 0.4) is 0 Å². The minimum Gasteiger partial charge on any atom is -0.494 e. The average Bonchev–Trinajstić information content (AvgIpc) is 2.52. The average molecular weight is 277 g/mol. The van der Waals surface area contributed by atoms with Gasteiger partial charge in [0, 0.05) is 11.1 Å². The predicted octanol–water partition coefficient (Wildman–Crippen LogP) is 4.84. The van der Waals surface area contributed by atoms with E-state index in [4.69, 9.17) is 4.74 Å². The van der Waals surface area contributed by atoms with E-state index in [9.17, 15) is 0 Å². The van der Waals surface area contributed by atoms with Crippen LogP contribution in [0.5, 0.6) is 5.75 Å². The summed E-state index contributed by atoms with van der Waals surface area (Å²) in [6.07, 6.45) is 3.54. The molecule has 0 spiro atoms. The zero-order valence-electron chi connectivity index (χ0n) is 12.6. The summed E-state index contributed by atoms with van der Waals surface area (Å²) in [6.45, 7) is 6.84. The largest absolute Gasteiger partial charge is 0.494 e. The molecule has 0 aliphatic carbocycles. The third-order valence-electron chi connectivity index (χ3n) is 3.18. The van der Waals surface area contributed by atoms with Gasteiger partial charge in [-0.2, -0.15) is 0 Å². The van der Waals surface area contributed by atoms with Crippen LogP contribution < -0.4 is 4.74 Å². The van der Waals surface area contributed by atoms with Crippen molar-refractivity contribution in [2.24, 2.45) is 0 Å². The molecule has 0 saturated carbocycles. The summed E-state index contributed by atoms with van der Waals surface area (Å²) >= 11 is 0. The van der Waals surface area contributed by atoms with Gasteiger partial charge in [0.1, 0.15) is 5.75 Å². The van der Waals surface area contributed by atoms with Gasteiger partial charge < -0.3 is 4.74 Å². The van der Waals surface area contributed by atoms with Crippen molar-refractivity contribution in [1.29, 1.82) is 0 Å². The lowest BCUT2D eigenvalue weighted by Gasteiger charge is -2.05. The maximum absolute atomic E-state index is 5.68. The van der Waals surface area contributed by atoms with Crippen LogP contribution in [0.4, 0.5) is 0 Å². The van der Waals surface area contributed by atoms with E-state index in [1.807, 2.05) is 48.5 Å². The number of ether oxygens (including phenoxy) is 1. The van der Waals surface area contributed by atoms with Crippen molar-refractivity contribution in [1.82, 2.24) is 0 Å². The summed E-state index contributed by atoms with van der Waals surface area (Å²) in [5.41, 5.74) is 3.00. The quantitative estimate of drug-likeness (QED) is 0.561. The summed E-state index contributed by atoms with van der Waals surface area (Å²) in [5.74, 6) is 7.22. The number of unbranched alkanes of at least 4 members (excludes halogenated alkanes) is 2. The summed E-state index contributed by atoms with van der Waals surface area (Å²) in [4.78, 5) is 0. The molecule has 1 heteroatoms. The van der Waals surface area contributed by atoms with Crippen LogP contribution in [0.1, 0.15) is 42.9 Å². The van der Waals surface area contributed by atoms with Gasteiger partial charge in [0.2, 0.25) is 0 Å². The monoisotopic (exact) mass is 277 g/mol. The van der Waals surface area contributed by atoms with E-state index in [-0.39, 0.29) is 0 Å². The topological polar surface area (TPSA) is 9.23 Å². The van der Waals surface area contributed by atoms with Crippen molar-refractivity contribution in [2.45, 2.75) is 26.2 Å². The Kier molecular flexibility index (Phi) is 5.91. The molecule has 0 atom stereocenters. The van der Waals surface area contributed by atoms with Gasteiger partial charge >= 0.3 is 0 Å². The Hall–Kier alpha value is -2.20. The highest BCUT2D eigenvalue weighted by atomic mass is 16.5. The Bertz CT molecular complexity index is 597. The molecule has 0 saturated heterocycles. The lowest BCUT2D eigenvalue weighted by atomic mass is 10.1. The molecule has 0 unspecified atom stereocenters. The zero-order valence-corrected chi connectivity index (χ0v) is 12.6. The van der Waals surface area contributed by atoms with E-state index in [2.05, 4.69) is 25.7 Å². The fourth-order valence-electron chi connectivity index (χ4n) is 1.91. The number of hydrogen-bond donors (Lipinski definition) is 0. The molecule has 1 nitrogen and oxygen atoms in total. The molecule has 0 amide bonds. The maximum Gasteiger partial charge on any atom is 0.119 e. The highest BCUT2D eigenvalue weighted by Gasteiger charge is 1.94. The van der Waals surface area contributed by atoms with Crippen molar-refractivity contribution in [3.63, 3.8) is 0 Å². The lowest BCUT2D eigenvalue weighted by Crippen LogP contribution is -1.96. The van der Waals surface area contributed by atoms with E-state index >= 15 is 0 Å². The van der Waals surface area contributed by atoms with Gasteiger partial charge in [0.25, 0.3) is 0 Å². The Balaban J connectivity index is 1.92. The van der Waals surface area contributed by atoms with E-state index in [1.165, 1.54) is 12.8 Å². The van der Waals surface area contributed by atoms with E-state index in [0.717, 1.165) is 35.5 Å². The first-order chi connectivity index (χ1) is 10.3. The third kappa shape index (κ3) is 5.36. The van der Waals surface area contributed by atoms with Crippen LogP contribution in [-0.4, -0.2) is 6.61 Å². The molecule has 21 heavy (non-hydrogen) atoms. The number of hydrogen-bond acceptors (Lipinski definition) is 1. The smallest absolute Gasteiger partial charge is 0.119 e. The molecule has 0 aliphatic rings. The predicted molar refractivity (Wildman–Crippen MR) is 88.3 cm³/mol. The Labute approximate surface area is 128 Å². The van der Waals surface area contributed by atoms with Crippen LogP contribution in [0.15, 0.2) is 48.5 Å². The molecule has 2 rings (SSSR count). The van der Waals surface area contributed by atoms with Gasteiger partial charge in [-0.25, -0.2) is 0 Å². The summed E-state index contributed by atoms with van der Waals surface area (Å²) in [7, 11) is 0. The summed E-state index contributed by atoms with van der Waals surface area (Å²) in [6, 6.07) is 15.9. The normalized spacial score (nSPS) is 9.81. The van der Waals surface area contributed by atoms with Crippen LogP contribution >= 0.6 is 0 Å². The molecular formula is C20H21O. The molecule has 1 radical (unpaired) electrons. The minimum atomic E-state index is 0.788. The lowest BCUT2D eigenvalue weighted by molar-refractivity contribution is 0.306. The Morgan fingerprint density at radius 1 is 0.857 bits per heavy atom. The van der Waals surface area contributed by atoms with Gasteiger partial charge in [0.15, 0.2) is 0 Å². The van der Waals surface area contributed by atoms with Crippen LogP contribution in [0.2, 0.25) is 0 Å². The van der Waals surface area contributed by atoms with Crippen molar-refractivity contribution in [3.05, 3.63) is 72.1 Å². The molecular weight excluding hydrogens is 256 g/mol. The molecule has 0 heterocycles. The van der Waals surface area contributed by atoms with Gasteiger partial charge in [-0.1, -0.05) is 43.7 Å². The van der Waals surface area contributed by atoms with Crippen LogP contribution in [0, 0.1) is 18.8 Å². The van der Waals surface area contributed by atoms with Crippen molar-refractivity contribution in [2.75, 3.05) is 6.61 Å². The molecule has 0 aliphatic heterocycles. The number of benzene rings is 2. The molecule has 2 aromatic rings. The minimum absolute atomic E-state index is 0.788. The first-order valence-electron chi connectivity index (χ1n) is 7.45. The van der Waals surface area contributed by atoms with Gasteiger partial charge in [-0.3, -0.25) is 0 Å². The Morgan fingerprint density at radius 3 is 2.00 bits per heavy atom. The third-order valence-corrected chi connectivity index (χ3v) is 3.18. The van der Waals surface area contributed by atoms with Crippen molar-refractivity contribution in [3.8, 4) is 17.6 Å². The van der Waals surface area contributed by atoms with Gasteiger partial charge in [0.05, 0.1) is 6.61 Å². The fourth-order valence-corrected chi connectivity index (χ4v) is 1.91. The van der Waals surface area contributed by atoms with Gasteiger partial charge in [-0.05, 0) is 55.3 Å². The molecule has 107 valence electrons. The molecule has 0 aromatic heterocycles. The first kappa shape index (κ1) is 15.2. The molecule has 0 bridgehead atoms.